The highest BCUT2D eigenvalue weighted by molar-refractivity contribution is 5.33. The maximum Gasteiger partial charge on any atom is 0.0589 e. The van der Waals surface area contributed by atoms with Crippen LogP contribution in [0, 0.1) is 13.8 Å². The Hall–Kier alpha value is -0.900. The number of hydrogen-bond donors (Lipinski definition) is 1. The molecule has 1 N–H and O–H groups in total. The van der Waals surface area contributed by atoms with Crippen molar-refractivity contribution in [1.29, 1.82) is 0 Å². The van der Waals surface area contributed by atoms with Gasteiger partial charge in [-0.2, -0.15) is 0 Å². The number of methoxy groups -OCH3 is 1. The van der Waals surface area contributed by atoms with Crippen molar-refractivity contribution < 1.29 is 4.74 Å². The first-order valence-electron chi connectivity index (χ1n) is 8.14. The van der Waals surface area contributed by atoms with E-state index in [0.717, 1.165) is 39.2 Å². The van der Waals surface area contributed by atoms with E-state index in [9.17, 15) is 0 Å². The number of aryl methyl sites for hydroxylation is 2. The van der Waals surface area contributed by atoms with Gasteiger partial charge in [-0.15, -0.1) is 0 Å². The number of rotatable bonds is 10. The lowest BCUT2D eigenvalue weighted by Gasteiger charge is -2.28. The Morgan fingerprint density at radius 1 is 1.24 bits per heavy atom. The van der Waals surface area contributed by atoms with Crippen LogP contribution in [0.1, 0.15) is 43.0 Å². The van der Waals surface area contributed by atoms with E-state index in [1.807, 2.05) is 0 Å². The van der Waals surface area contributed by atoms with Crippen molar-refractivity contribution in [2.75, 3.05) is 39.9 Å². The van der Waals surface area contributed by atoms with Gasteiger partial charge in [-0.3, -0.25) is 4.90 Å². The molecule has 0 bridgehead atoms. The molecule has 3 heteroatoms. The molecular formula is C18H32N2O. The van der Waals surface area contributed by atoms with Crippen molar-refractivity contribution in [3.05, 3.63) is 34.9 Å². The van der Waals surface area contributed by atoms with Crippen molar-refractivity contribution >= 4 is 0 Å². The highest BCUT2D eigenvalue weighted by atomic mass is 16.5. The number of benzene rings is 1. The average Bonchev–Trinajstić information content (AvgIpc) is 2.47. The summed E-state index contributed by atoms with van der Waals surface area (Å²) in [6, 6.07) is 7.17. The summed E-state index contributed by atoms with van der Waals surface area (Å²) >= 11 is 0. The fraction of sp³-hybridized carbons (Fsp3) is 0.667. The molecule has 21 heavy (non-hydrogen) atoms. The fourth-order valence-corrected chi connectivity index (χ4v) is 2.67. The lowest BCUT2D eigenvalue weighted by atomic mass is 9.98. The molecule has 0 radical (unpaired) electrons. The molecule has 1 aromatic rings. The summed E-state index contributed by atoms with van der Waals surface area (Å²) in [6.07, 6.45) is 1.16. The third-order valence-electron chi connectivity index (χ3n) is 3.94. The van der Waals surface area contributed by atoms with E-state index in [1.54, 1.807) is 7.11 Å². The van der Waals surface area contributed by atoms with Crippen LogP contribution in [0.5, 0.6) is 0 Å². The molecule has 0 amide bonds. The van der Waals surface area contributed by atoms with Crippen molar-refractivity contribution in [3.63, 3.8) is 0 Å². The Balaban J connectivity index is 2.83. The van der Waals surface area contributed by atoms with Gasteiger partial charge >= 0.3 is 0 Å². The number of nitrogens with zero attached hydrogens (tertiary/aromatic N) is 1. The second-order valence-electron chi connectivity index (χ2n) is 5.75. The minimum absolute atomic E-state index is 0.391. The molecule has 1 rings (SSSR count). The van der Waals surface area contributed by atoms with Crippen LogP contribution in [0.3, 0.4) is 0 Å². The molecule has 1 aromatic carbocycles. The van der Waals surface area contributed by atoms with Crippen LogP contribution in [0.4, 0.5) is 0 Å². The van der Waals surface area contributed by atoms with Gasteiger partial charge in [0.1, 0.15) is 0 Å². The fourth-order valence-electron chi connectivity index (χ4n) is 2.67. The summed E-state index contributed by atoms with van der Waals surface area (Å²) in [5, 5.41) is 3.70. The Morgan fingerprint density at radius 2 is 2.00 bits per heavy atom. The van der Waals surface area contributed by atoms with Gasteiger partial charge in [0.15, 0.2) is 0 Å². The van der Waals surface area contributed by atoms with Crippen LogP contribution in [0.25, 0.3) is 0 Å². The molecule has 0 heterocycles. The van der Waals surface area contributed by atoms with Gasteiger partial charge in [-0.25, -0.2) is 0 Å². The summed E-state index contributed by atoms with van der Waals surface area (Å²) in [5.41, 5.74) is 4.13. The normalized spacial score (nSPS) is 12.9. The van der Waals surface area contributed by atoms with Crippen LogP contribution in [0.15, 0.2) is 18.2 Å². The highest BCUT2D eigenvalue weighted by Crippen LogP contribution is 2.20. The Kier molecular flexibility index (Phi) is 8.58. The molecule has 0 saturated carbocycles. The molecule has 0 aromatic heterocycles. The monoisotopic (exact) mass is 292 g/mol. The molecule has 0 aliphatic carbocycles. The Labute approximate surface area is 130 Å². The number of nitrogens with one attached hydrogen (secondary N) is 1. The summed E-state index contributed by atoms with van der Waals surface area (Å²) in [5.74, 6) is 0. The van der Waals surface area contributed by atoms with E-state index in [2.05, 4.69) is 56.1 Å². The first-order valence-corrected chi connectivity index (χ1v) is 8.14. The van der Waals surface area contributed by atoms with E-state index < -0.39 is 0 Å². The molecule has 0 saturated heterocycles. The zero-order valence-corrected chi connectivity index (χ0v) is 14.4. The summed E-state index contributed by atoms with van der Waals surface area (Å²) in [7, 11) is 1.77. The zero-order valence-electron chi connectivity index (χ0n) is 14.4. The molecule has 0 aliphatic rings. The Bertz CT molecular complexity index is 406. The van der Waals surface area contributed by atoms with Crippen molar-refractivity contribution in [2.24, 2.45) is 0 Å². The van der Waals surface area contributed by atoms with Crippen molar-refractivity contribution in [2.45, 2.75) is 40.2 Å². The molecule has 0 spiro atoms. The first-order chi connectivity index (χ1) is 10.1. The van der Waals surface area contributed by atoms with Gasteiger partial charge in [-0.1, -0.05) is 37.6 Å². The smallest absolute Gasteiger partial charge is 0.0589 e. The van der Waals surface area contributed by atoms with E-state index in [0.29, 0.717) is 6.04 Å². The second-order valence-corrected chi connectivity index (χ2v) is 5.75. The lowest BCUT2D eigenvalue weighted by molar-refractivity contribution is 0.144. The highest BCUT2D eigenvalue weighted by Gasteiger charge is 2.16. The van der Waals surface area contributed by atoms with Gasteiger partial charge in [0.05, 0.1) is 6.61 Å². The van der Waals surface area contributed by atoms with Gasteiger partial charge in [-0.05, 0) is 44.5 Å². The van der Waals surface area contributed by atoms with Crippen LogP contribution < -0.4 is 5.32 Å². The SMILES string of the molecule is CCCNC(CN(CC)CCOC)c1ccc(C)cc1C. The number of likely N-dealkylation sites (N-methyl/N-ethyl adjacent to an activating group) is 1. The van der Waals surface area contributed by atoms with E-state index in [1.165, 1.54) is 16.7 Å². The quantitative estimate of drug-likeness (QED) is 0.716. The van der Waals surface area contributed by atoms with Crippen molar-refractivity contribution in [1.82, 2.24) is 10.2 Å². The zero-order chi connectivity index (χ0) is 15.7. The molecular weight excluding hydrogens is 260 g/mol. The third kappa shape index (κ3) is 6.16. The maximum atomic E-state index is 5.22. The summed E-state index contributed by atoms with van der Waals surface area (Å²) < 4.78 is 5.22. The standard InChI is InChI=1S/C18H32N2O/c1-6-10-19-18(14-20(7-2)11-12-21-5)17-9-8-15(3)13-16(17)4/h8-9,13,18-19H,6-7,10-12,14H2,1-5H3. The van der Waals surface area contributed by atoms with E-state index >= 15 is 0 Å². The van der Waals surface area contributed by atoms with Gasteiger partial charge in [0, 0.05) is 26.2 Å². The Morgan fingerprint density at radius 3 is 2.57 bits per heavy atom. The van der Waals surface area contributed by atoms with Crippen LogP contribution in [0.2, 0.25) is 0 Å². The maximum absolute atomic E-state index is 5.22. The van der Waals surface area contributed by atoms with E-state index in [4.69, 9.17) is 4.74 Å². The first kappa shape index (κ1) is 18.1. The van der Waals surface area contributed by atoms with Crippen LogP contribution in [-0.2, 0) is 4.74 Å². The largest absolute Gasteiger partial charge is 0.383 e. The average molecular weight is 292 g/mol. The minimum Gasteiger partial charge on any atom is -0.383 e. The van der Waals surface area contributed by atoms with Gasteiger partial charge in [0.25, 0.3) is 0 Å². The number of ether oxygens (including phenoxy) is 1. The molecule has 120 valence electrons. The van der Waals surface area contributed by atoms with Crippen molar-refractivity contribution in [3.8, 4) is 0 Å². The topological polar surface area (TPSA) is 24.5 Å². The molecule has 3 nitrogen and oxygen atoms in total. The summed E-state index contributed by atoms with van der Waals surface area (Å²) in [6.45, 7) is 13.7. The van der Waals surface area contributed by atoms with Gasteiger partial charge in [0.2, 0.25) is 0 Å². The number of hydrogen-bond acceptors (Lipinski definition) is 3. The van der Waals surface area contributed by atoms with E-state index in [-0.39, 0.29) is 0 Å². The molecule has 0 aliphatic heterocycles. The van der Waals surface area contributed by atoms with Crippen LogP contribution >= 0.6 is 0 Å². The second kappa shape index (κ2) is 9.93. The van der Waals surface area contributed by atoms with Gasteiger partial charge < -0.3 is 10.1 Å². The predicted octanol–water partition coefficient (Wildman–Crippen LogP) is 3.31. The predicted molar refractivity (Wildman–Crippen MR) is 90.9 cm³/mol. The third-order valence-corrected chi connectivity index (χ3v) is 3.94. The molecule has 1 atom stereocenters. The lowest BCUT2D eigenvalue weighted by Crippen LogP contribution is -2.37. The molecule has 1 unspecified atom stereocenters. The van der Waals surface area contributed by atoms with Crippen LogP contribution in [-0.4, -0.2) is 44.8 Å². The minimum atomic E-state index is 0.391. The molecule has 0 fully saturated rings. The summed E-state index contributed by atoms with van der Waals surface area (Å²) in [4.78, 5) is 2.45.